The Bertz CT molecular complexity index is 948. The molecule has 0 atom stereocenters. The molecule has 0 saturated heterocycles. The molecule has 0 heterocycles. The predicted molar refractivity (Wildman–Crippen MR) is 112 cm³/mol. The predicted octanol–water partition coefficient (Wildman–Crippen LogP) is 7.79. The lowest BCUT2D eigenvalue weighted by molar-refractivity contribution is -0.185. The van der Waals surface area contributed by atoms with Crippen LogP contribution >= 0.6 is 0 Å². The van der Waals surface area contributed by atoms with Gasteiger partial charge in [-0.1, -0.05) is 51.3 Å². The fourth-order valence-corrected chi connectivity index (χ4v) is 3.47. The summed E-state index contributed by atoms with van der Waals surface area (Å²) < 4.78 is 48.5. The van der Waals surface area contributed by atoms with Crippen LogP contribution in [0.4, 0.5) is 13.2 Å². The van der Waals surface area contributed by atoms with Gasteiger partial charge in [-0.15, -0.1) is 0 Å². The smallest absolute Gasteiger partial charge is 0.426 e. The molecule has 0 saturated carbocycles. The van der Waals surface area contributed by atoms with Crippen molar-refractivity contribution in [2.24, 2.45) is 0 Å². The van der Waals surface area contributed by atoms with E-state index in [4.69, 9.17) is 4.74 Å². The summed E-state index contributed by atoms with van der Waals surface area (Å²) in [5, 5.41) is 1.35. The van der Waals surface area contributed by atoms with Gasteiger partial charge in [0.15, 0.2) is 0 Å². The van der Waals surface area contributed by atoms with Crippen molar-refractivity contribution < 1.29 is 17.9 Å². The number of rotatable bonds is 9. The molecule has 3 aromatic rings. The van der Waals surface area contributed by atoms with Crippen molar-refractivity contribution in [3.8, 4) is 5.75 Å². The number of unbranched alkanes of at least 4 members (excludes halogenated alkanes) is 2. The summed E-state index contributed by atoms with van der Waals surface area (Å²) in [6.07, 6.45) is 2.21. The molecule has 29 heavy (non-hydrogen) atoms. The van der Waals surface area contributed by atoms with Gasteiger partial charge >= 0.3 is 6.11 Å². The monoisotopic (exact) mass is 400 g/mol. The summed E-state index contributed by atoms with van der Waals surface area (Å²) in [7, 11) is 0. The highest BCUT2D eigenvalue weighted by Gasteiger charge is 2.34. The summed E-state index contributed by atoms with van der Waals surface area (Å²) in [6.45, 7) is 4.12. The molecule has 0 radical (unpaired) electrons. The fraction of sp³-hybridized carbons (Fsp3) is 0.360. The van der Waals surface area contributed by atoms with Crippen molar-refractivity contribution in [3.63, 3.8) is 0 Å². The number of halogens is 3. The Morgan fingerprint density at radius 3 is 2.24 bits per heavy atom. The molecule has 0 unspecified atom stereocenters. The number of fused-ring (bicyclic) bond motifs is 1. The number of alkyl halides is 2. The van der Waals surface area contributed by atoms with Gasteiger partial charge in [-0.05, 0) is 77.6 Å². The Hall–Kier alpha value is -2.49. The lowest BCUT2D eigenvalue weighted by atomic mass is 10.0. The van der Waals surface area contributed by atoms with E-state index in [0.717, 1.165) is 43.1 Å². The average Bonchev–Trinajstić information content (AvgIpc) is 2.69. The zero-order chi connectivity index (χ0) is 20.9. The van der Waals surface area contributed by atoms with Crippen molar-refractivity contribution in [1.29, 1.82) is 0 Å². The summed E-state index contributed by atoms with van der Waals surface area (Å²) in [5.74, 6) is -0.306. The molecule has 3 rings (SSSR count). The van der Waals surface area contributed by atoms with Crippen molar-refractivity contribution in [3.05, 3.63) is 77.1 Å². The highest BCUT2D eigenvalue weighted by molar-refractivity contribution is 5.84. The van der Waals surface area contributed by atoms with E-state index in [9.17, 15) is 13.2 Å². The van der Waals surface area contributed by atoms with Gasteiger partial charge in [-0.2, -0.15) is 8.78 Å². The Balaban J connectivity index is 1.76. The van der Waals surface area contributed by atoms with Crippen molar-refractivity contribution in [2.75, 3.05) is 0 Å². The zero-order valence-corrected chi connectivity index (χ0v) is 17.0. The third-order valence-corrected chi connectivity index (χ3v) is 5.10. The quantitative estimate of drug-likeness (QED) is 0.333. The molecule has 3 aromatic carbocycles. The fourth-order valence-electron chi connectivity index (χ4n) is 3.47. The standard InChI is InChI=1S/C25H27F3O/c1-3-5-6-8-18-9-12-22(13-10-18)25(27,28)29-23-14-11-19-15-20(7-4-2)24(26)17-21(19)16-23/h9-17H,3-8H2,1-2H3. The van der Waals surface area contributed by atoms with Gasteiger partial charge in [0, 0.05) is 0 Å². The Morgan fingerprint density at radius 1 is 0.793 bits per heavy atom. The molecular weight excluding hydrogens is 373 g/mol. The molecular formula is C25H27F3O. The van der Waals surface area contributed by atoms with Crippen LogP contribution in [0.15, 0.2) is 54.6 Å². The normalized spacial score (nSPS) is 11.8. The Morgan fingerprint density at radius 2 is 1.55 bits per heavy atom. The van der Waals surface area contributed by atoms with Gasteiger partial charge in [-0.3, -0.25) is 0 Å². The van der Waals surface area contributed by atoms with Crippen LogP contribution in [0.2, 0.25) is 0 Å². The first-order chi connectivity index (χ1) is 13.9. The van der Waals surface area contributed by atoms with Crippen molar-refractivity contribution in [2.45, 2.75) is 58.5 Å². The van der Waals surface area contributed by atoms with Gasteiger partial charge in [0.1, 0.15) is 11.6 Å². The van der Waals surface area contributed by atoms with Crippen LogP contribution in [0.25, 0.3) is 10.8 Å². The SMILES string of the molecule is CCCCCc1ccc(C(F)(F)Oc2ccc3cc(CCC)c(F)cc3c2)cc1. The minimum absolute atomic E-state index is 0.0113. The highest BCUT2D eigenvalue weighted by atomic mass is 19.3. The lowest BCUT2D eigenvalue weighted by Crippen LogP contribution is -2.21. The van der Waals surface area contributed by atoms with E-state index in [-0.39, 0.29) is 17.1 Å². The summed E-state index contributed by atoms with van der Waals surface area (Å²) >= 11 is 0. The van der Waals surface area contributed by atoms with Crippen molar-refractivity contribution >= 4 is 10.8 Å². The van der Waals surface area contributed by atoms with Crippen molar-refractivity contribution in [1.82, 2.24) is 0 Å². The minimum atomic E-state index is -3.46. The summed E-state index contributed by atoms with van der Waals surface area (Å²) in [5.41, 5.74) is 1.49. The Labute approximate surface area is 170 Å². The molecule has 1 nitrogen and oxygen atoms in total. The highest BCUT2D eigenvalue weighted by Crippen LogP contribution is 2.33. The third kappa shape index (κ3) is 5.31. The Kier molecular flexibility index (Phi) is 6.83. The molecule has 0 aliphatic carbocycles. The third-order valence-electron chi connectivity index (χ3n) is 5.10. The first-order valence-corrected chi connectivity index (χ1v) is 10.3. The summed E-state index contributed by atoms with van der Waals surface area (Å²) in [6, 6.07) is 14.1. The molecule has 0 N–H and O–H groups in total. The zero-order valence-electron chi connectivity index (χ0n) is 17.0. The molecule has 0 fully saturated rings. The number of hydrogen-bond donors (Lipinski definition) is 0. The maximum absolute atomic E-state index is 14.6. The van der Waals surface area contributed by atoms with Crippen LogP contribution in [0.1, 0.15) is 56.2 Å². The largest absolute Gasteiger partial charge is 0.429 e. The van der Waals surface area contributed by atoms with Gasteiger partial charge in [0.2, 0.25) is 0 Å². The molecule has 4 heteroatoms. The van der Waals surface area contributed by atoms with Crippen LogP contribution in [-0.4, -0.2) is 0 Å². The minimum Gasteiger partial charge on any atom is -0.429 e. The van der Waals surface area contributed by atoms with E-state index < -0.39 is 6.11 Å². The molecule has 0 bridgehead atoms. The lowest BCUT2D eigenvalue weighted by Gasteiger charge is -2.19. The second-order valence-electron chi connectivity index (χ2n) is 7.48. The molecule has 0 aliphatic rings. The van der Waals surface area contributed by atoms with Crippen LogP contribution in [0.5, 0.6) is 5.75 Å². The van der Waals surface area contributed by atoms with E-state index >= 15 is 0 Å². The first-order valence-electron chi connectivity index (χ1n) is 10.3. The molecule has 0 amide bonds. The van der Waals surface area contributed by atoms with Gasteiger partial charge in [0.05, 0.1) is 5.56 Å². The van der Waals surface area contributed by atoms with Crippen LogP contribution in [0, 0.1) is 5.82 Å². The van der Waals surface area contributed by atoms with Gasteiger partial charge in [-0.25, -0.2) is 4.39 Å². The maximum atomic E-state index is 14.6. The van der Waals surface area contributed by atoms with Crippen LogP contribution < -0.4 is 4.74 Å². The molecule has 154 valence electrons. The van der Waals surface area contributed by atoms with Gasteiger partial charge < -0.3 is 4.74 Å². The summed E-state index contributed by atoms with van der Waals surface area (Å²) in [4.78, 5) is 0. The van der Waals surface area contributed by atoms with Crippen LogP contribution in [-0.2, 0) is 19.0 Å². The second-order valence-corrected chi connectivity index (χ2v) is 7.48. The maximum Gasteiger partial charge on any atom is 0.426 e. The number of benzene rings is 3. The number of ether oxygens (including phenoxy) is 1. The molecule has 0 aromatic heterocycles. The van der Waals surface area contributed by atoms with E-state index in [2.05, 4.69) is 6.92 Å². The van der Waals surface area contributed by atoms with E-state index in [1.165, 1.54) is 30.3 Å². The first kappa shape index (κ1) is 21.2. The second kappa shape index (κ2) is 9.34. The van der Waals surface area contributed by atoms with E-state index in [1.54, 1.807) is 24.3 Å². The van der Waals surface area contributed by atoms with Crippen LogP contribution in [0.3, 0.4) is 0 Å². The molecule has 0 aliphatic heterocycles. The topological polar surface area (TPSA) is 9.23 Å². The van der Waals surface area contributed by atoms with E-state index in [1.807, 2.05) is 6.92 Å². The molecule has 0 spiro atoms. The number of aryl methyl sites for hydroxylation is 2. The van der Waals surface area contributed by atoms with E-state index in [0.29, 0.717) is 17.4 Å². The van der Waals surface area contributed by atoms with Gasteiger partial charge in [0.25, 0.3) is 0 Å². The average molecular weight is 400 g/mol. The number of hydrogen-bond acceptors (Lipinski definition) is 1.